The number of halogens is 2. The Balaban J connectivity index is 2.37. The van der Waals surface area contributed by atoms with Crippen LogP contribution in [0, 0.1) is 0 Å². The molecule has 2 rings (SSSR count). The van der Waals surface area contributed by atoms with Crippen molar-refractivity contribution >= 4 is 35.0 Å². The van der Waals surface area contributed by atoms with Crippen molar-refractivity contribution in [1.82, 2.24) is 10.2 Å². The van der Waals surface area contributed by atoms with Gasteiger partial charge in [-0.2, -0.15) is 0 Å². The second-order valence-electron chi connectivity index (χ2n) is 6.21. The van der Waals surface area contributed by atoms with Crippen molar-refractivity contribution in [3.05, 3.63) is 69.7 Å². The molecule has 0 saturated heterocycles. The highest BCUT2D eigenvalue weighted by atomic mass is 35.5. The highest BCUT2D eigenvalue weighted by Crippen LogP contribution is 2.24. The van der Waals surface area contributed by atoms with Crippen LogP contribution in [0.5, 0.6) is 0 Å². The number of hydrogen-bond acceptors (Lipinski definition) is 2. The molecule has 0 radical (unpaired) electrons. The molecule has 4 nitrogen and oxygen atoms in total. The summed E-state index contributed by atoms with van der Waals surface area (Å²) in [5.74, 6) is -0.276. The van der Waals surface area contributed by atoms with E-state index in [1.54, 1.807) is 30.0 Å². The third-order valence-corrected chi connectivity index (χ3v) is 4.87. The van der Waals surface area contributed by atoms with Crippen LogP contribution in [0.3, 0.4) is 0 Å². The average Bonchev–Trinajstić information content (AvgIpc) is 2.66. The maximum Gasteiger partial charge on any atom is 0.243 e. The quantitative estimate of drug-likeness (QED) is 0.702. The Labute approximate surface area is 170 Å². The molecule has 144 valence electrons. The van der Waals surface area contributed by atoms with Gasteiger partial charge in [0.1, 0.15) is 6.04 Å². The lowest BCUT2D eigenvalue weighted by Gasteiger charge is -2.31. The van der Waals surface area contributed by atoms with Crippen LogP contribution in [0.25, 0.3) is 0 Å². The van der Waals surface area contributed by atoms with Gasteiger partial charge in [0, 0.05) is 36.0 Å². The van der Waals surface area contributed by atoms with Crippen LogP contribution in [-0.4, -0.2) is 29.3 Å². The predicted octanol–water partition coefficient (Wildman–Crippen LogP) is 4.48. The Hall–Kier alpha value is -2.04. The largest absolute Gasteiger partial charge is 0.355 e. The maximum absolute atomic E-state index is 12.8. The molecular weight excluding hydrogens is 383 g/mol. The summed E-state index contributed by atoms with van der Waals surface area (Å²) in [5, 5.41) is 3.85. The lowest BCUT2D eigenvalue weighted by atomic mass is 10.0. The SMILES string of the molecule is CCNC(=O)C(Cc1ccccc1)N(Cc1ccc(Cl)cc1Cl)C(=O)CC. The molecule has 0 saturated carbocycles. The zero-order valence-electron chi connectivity index (χ0n) is 15.5. The number of nitrogens with one attached hydrogen (secondary N) is 1. The van der Waals surface area contributed by atoms with Gasteiger partial charge in [0.2, 0.25) is 11.8 Å². The summed E-state index contributed by atoms with van der Waals surface area (Å²) in [6.45, 7) is 4.40. The van der Waals surface area contributed by atoms with Gasteiger partial charge in [-0.3, -0.25) is 9.59 Å². The summed E-state index contributed by atoms with van der Waals surface area (Å²) in [6.07, 6.45) is 0.736. The number of carbonyl (C=O) groups is 2. The van der Waals surface area contributed by atoms with Crippen LogP contribution in [0.15, 0.2) is 48.5 Å². The zero-order valence-corrected chi connectivity index (χ0v) is 17.1. The molecule has 1 N–H and O–H groups in total. The smallest absolute Gasteiger partial charge is 0.243 e. The van der Waals surface area contributed by atoms with E-state index in [2.05, 4.69) is 5.32 Å². The lowest BCUT2D eigenvalue weighted by molar-refractivity contribution is -0.141. The number of hydrogen-bond donors (Lipinski definition) is 1. The second kappa shape index (κ2) is 10.3. The van der Waals surface area contributed by atoms with E-state index in [1.165, 1.54) is 0 Å². The lowest BCUT2D eigenvalue weighted by Crippen LogP contribution is -2.50. The first kappa shape index (κ1) is 21.3. The standard InChI is InChI=1S/C21H24Cl2N2O2/c1-3-20(26)25(14-16-10-11-17(22)13-18(16)23)19(21(27)24-4-2)12-15-8-6-5-7-9-15/h5-11,13,19H,3-4,12,14H2,1-2H3,(H,24,27). The molecular formula is C21H24Cl2N2O2. The third kappa shape index (κ3) is 5.98. The number of nitrogens with zero attached hydrogens (tertiary/aromatic N) is 1. The first-order valence-electron chi connectivity index (χ1n) is 9.01. The Kier molecular flexibility index (Phi) is 8.14. The number of likely N-dealkylation sites (N-methyl/N-ethyl adjacent to an activating group) is 1. The minimum atomic E-state index is -0.619. The number of rotatable bonds is 8. The molecule has 6 heteroatoms. The van der Waals surface area contributed by atoms with E-state index in [-0.39, 0.29) is 18.4 Å². The van der Waals surface area contributed by atoms with E-state index in [1.807, 2.05) is 37.3 Å². The van der Waals surface area contributed by atoms with Crippen molar-refractivity contribution in [3.63, 3.8) is 0 Å². The minimum absolute atomic E-state index is 0.104. The summed E-state index contributed by atoms with van der Waals surface area (Å²) in [7, 11) is 0. The Bertz CT molecular complexity index is 781. The molecule has 2 aromatic rings. The predicted molar refractivity (Wildman–Crippen MR) is 110 cm³/mol. The molecule has 0 aliphatic rings. The van der Waals surface area contributed by atoms with E-state index >= 15 is 0 Å². The molecule has 1 atom stereocenters. The topological polar surface area (TPSA) is 49.4 Å². The van der Waals surface area contributed by atoms with E-state index in [4.69, 9.17) is 23.2 Å². The van der Waals surface area contributed by atoms with Gasteiger partial charge >= 0.3 is 0 Å². The highest BCUT2D eigenvalue weighted by molar-refractivity contribution is 6.35. The van der Waals surface area contributed by atoms with Gasteiger partial charge < -0.3 is 10.2 Å². The number of amides is 2. The normalized spacial score (nSPS) is 11.7. The Morgan fingerprint density at radius 1 is 1.07 bits per heavy atom. The summed E-state index contributed by atoms with van der Waals surface area (Å²) in [6, 6.07) is 14.2. The van der Waals surface area contributed by atoms with E-state index in [9.17, 15) is 9.59 Å². The molecule has 0 fully saturated rings. The molecule has 27 heavy (non-hydrogen) atoms. The first-order chi connectivity index (χ1) is 13.0. The van der Waals surface area contributed by atoms with Crippen LogP contribution in [-0.2, 0) is 22.6 Å². The summed E-state index contributed by atoms with van der Waals surface area (Å²) >= 11 is 12.3. The van der Waals surface area contributed by atoms with Crippen LogP contribution < -0.4 is 5.32 Å². The fourth-order valence-electron chi connectivity index (χ4n) is 2.88. The molecule has 0 aliphatic carbocycles. The van der Waals surface area contributed by atoms with Gasteiger partial charge in [0.25, 0.3) is 0 Å². The molecule has 1 unspecified atom stereocenters. The van der Waals surface area contributed by atoms with Crippen molar-refractivity contribution in [2.75, 3.05) is 6.54 Å². The fourth-order valence-corrected chi connectivity index (χ4v) is 3.35. The highest BCUT2D eigenvalue weighted by Gasteiger charge is 2.29. The first-order valence-corrected chi connectivity index (χ1v) is 9.76. The van der Waals surface area contributed by atoms with Crippen LogP contribution in [0.4, 0.5) is 0 Å². The maximum atomic E-state index is 12.8. The number of carbonyl (C=O) groups excluding carboxylic acids is 2. The van der Waals surface area contributed by atoms with E-state index in [0.29, 0.717) is 29.4 Å². The fraction of sp³-hybridized carbons (Fsp3) is 0.333. The molecule has 0 spiro atoms. The Morgan fingerprint density at radius 3 is 2.37 bits per heavy atom. The van der Waals surface area contributed by atoms with Crippen molar-refractivity contribution in [2.24, 2.45) is 0 Å². The number of benzene rings is 2. The van der Waals surface area contributed by atoms with Crippen molar-refractivity contribution in [1.29, 1.82) is 0 Å². The minimum Gasteiger partial charge on any atom is -0.355 e. The summed E-state index contributed by atoms with van der Waals surface area (Å²) in [5.41, 5.74) is 1.75. The molecule has 0 heterocycles. The van der Waals surface area contributed by atoms with Gasteiger partial charge in [-0.1, -0.05) is 66.5 Å². The van der Waals surface area contributed by atoms with Gasteiger partial charge in [0.15, 0.2) is 0 Å². The van der Waals surface area contributed by atoms with Gasteiger partial charge in [-0.25, -0.2) is 0 Å². The van der Waals surface area contributed by atoms with E-state index < -0.39 is 6.04 Å². The monoisotopic (exact) mass is 406 g/mol. The molecule has 2 aromatic carbocycles. The van der Waals surface area contributed by atoms with Crippen molar-refractivity contribution in [2.45, 2.75) is 39.3 Å². The molecule has 0 aliphatic heterocycles. The van der Waals surface area contributed by atoms with E-state index in [0.717, 1.165) is 11.1 Å². The van der Waals surface area contributed by atoms with Crippen molar-refractivity contribution in [3.8, 4) is 0 Å². The van der Waals surface area contributed by atoms with Gasteiger partial charge in [-0.05, 0) is 30.2 Å². The molecule has 0 bridgehead atoms. The molecule has 0 aromatic heterocycles. The van der Waals surface area contributed by atoms with Crippen LogP contribution >= 0.6 is 23.2 Å². The van der Waals surface area contributed by atoms with Crippen LogP contribution in [0.2, 0.25) is 10.0 Å². The van der Waals surface area contributed by atoms with Gasteiger partial charge in [0.05, 0.1) is 0 Å². The Morgan fingerprint density at radius 2 is 1.78 bits per heavy atom. The van der Waals surface area contributed by atoms with Crippen LogP contribution in [0.1, 0.15) is 31.4 Å². The molecule has 2 amide bonds. The van der Waals surface area contributed by atoms with Crippen molar-refractivity contribution < 1.29 is 9.59 Å². The zero-order chi connectivity index (χ0) is 19.8. The van der Waals surface area contributed by atoms with Gasteiger partial charge in [-0.15, -0.1) is 0 Å². The third-order valence-electron chi connectivity index (χ3n) is 4.28. The average molecular weight is 407 g/mol. The summed E-state index contributed by atoms with van der Waals surface area (Å²) < 4.78 is 0. The summed E-state index contributed by atoms with van der Waals surface area (Å²) in [4.78, 5) is 27.1. The second-order valence-corrected chi connectivity index (χ2v) is 7.05.